The van der Waals surface area contributed by atoms with E-state index in [1.54, 1.807) is 11.4 Å². The van der Waals surface area contributed by atoms with Gasteiger partial charge in [-0.25, -0.2) is 0 Å². The Kier molecular flexibility index (Phi) is 6.07. The molecule has 0 spiro atoms. The maximum atomic E-state index is 13.2. The van der Waals surface area contributed by atoms with Crippen molar-refractivity contribution in [2.24, 2.45) is 5.73 Å². The van der Waals surface area contributed by atoms with Gasteiger partial charge in [0.15, 0.2) is 5.69 Å². The number of hydrogen-bond acceptors (Lipinski definition) is 4. The Morgan fingerprint density at radius 2 is 2.00 bits per heavy atom. The van der Waals surface area contributed by atoms with Gasteiger partial charge in [-0.2, -0.15) is 18.3 Å². The molecule has 2 aromatic rings. The predicted octanol–water partition coefficient (Wildman–Crippen LogP) is 3.75. The molecule has 1 aliphatic rings. The second-order valence-corrected chi connectivity index (χ2v) is 7.65. The Hall–Kier alpha value is -2.36. The molecule has 6 nitrogen and oxygen atoms in total. The first-order chi connectivity index (χ1) is 13.3. The molecule has 0 unspecified atom stereocenters. The summed E-state index contributed by atoms with van der Waals surface area (Å²) in [7, 11) is 0. The molecule has 152 valence electrons. The summed E-state index contributed by atoms with van der Waals surface area (Å²) in [5.41, 5.74) is 5.86. The van der Waals surface area contributed by atoms with Crippen molar-refractivity contribution in [3.05, 3.63) is 33.3 Å². The lowest BCUT2D eigenvalue weighted by molar-refractivity contribution is -0.142. The van der Waals surface area contributed by atoms with Gasteiger partial charge in [0.2, 0.25) is 5.91 Å². The lowest BCUT2D eigenvalue weighted by atomic mass is 9.95. The highest BCUT2D eigenvalue weighted by atomic mass is 32.1. The quantitative estimate of drug-likeness (QED) is 0.676. The minimum atomic E-state index is -4.44. The SMILES string of the molecule is NC(=O)c1sccc1NC(=O)CCCCn1nc(C(F)(F)F)c2c1CCCC2. The second-order valence-electron chi connectivity index (χ2n) is 6.73. The molecule has 0 atom stereocenters. The number of nitrogens with zero attached hydrogens (tertiary/aromatic N) is 2. The number of aryl methyl sites for hydroxylation is 1. The summed E-state index contributed by atoms with van der Waals surface area (Å²) in [4.78, 5) is 23.6. The van der Waals surface area contributed by atoms with Crippen molar-refractivity contribution in [1.29, 1.82) is 0 Å². The van der Waals surface area contributed by atoms with Crippen LogP contribution in [0, 0.1) is 0 Å². The van der Waals surface area contributed by atoms with Gasteiger partial charge in [-0.1, -0.05) is 0 Å². The number of nitrogens with two attached hydrogens (primary N) is 1. The maximum absolute atomic E-state index is 13.2. The molecule has 3 rings (SSSR count). The number of amides is 2. The fourth-order valence-corrected chi connectivity index (χ4v) is 4.14. The van der Waals surface area contributed by atoms with Gasteiger partial charge < -0.3 is 11.1 Å². The van der Waals surface area contributed by atoms with E-state index in [0.717, 1.165) is 24.2 Å². The zero-order chi connectivity index (χ0) is 20.3. The summed E-state index contributed by atoms with van der Waals surface area (Å²) < 4.78 is 41.0. The Bertz CT molecular complexity index is 873. The number of thiophene rings is 1. The van der Waals surface area contributed by atoms with Gasteiger partial charge in [-0.3, -0.25) is 14.3 Å². The van der Waals surface area contributed by atoms with E-state index in [1.165, 1.54) is 4.68 Å². The smallest absolute Gasteiger partial charge is 0.365 e. The van der Waals surface area contributed by atoms with E-state index in [-0.39, 0.29) is 17.2 Å². The summed E-state index contributed by atoms with van der Waals surface area (Å²) in [5, 5.41) is 8.12. The van der Waals surface area contributed by atoms with Gasteiger partial charge in [-0.15, -0.1) is 11.3 Å². The van der Waals surface area contributed by atoms with E-state index in [0.29, 0.717) is 49.2 Å². The second kappa shape index (κ2) is 8.34. The number of rotatable bonds is 7. The van der Waals surface area contributed by atoms with Crippen molar-refractivity contribution < 1.29 is 22.8 Å². The minimum absolute atomic E-state index is 0.198. The van der Waals surface area contributed by atoms with Gasteiger partial charge in [-0.05, 0) is 50.0 Å². The Balaban J connectivity index is 1.54. The van der Waals surface area contributed by atoms with Crippen LogP contribution in [-0.4, -0.2) is 21.6 Å². The number of halogens is 3. The predicted molar refractivity (Wildman–Crippen MR) is 99.2 cm³/mol. The van der Waals surface area contributed by atoms with Crippen LogP contribution in [0.4, 0.5) is 18.9 Å². The van der Waals surface area contributed by atoms with Crippen molar-refractivity contribution >= 4 is 28.8 Å². The van der Waals surface area contributed by atoms with E-state index in [4.69, 9.17) is 5.73 Å². The normalized spacial score (nSPS) is 14.0. The van der Waals surface area contributed by atoms with Crippen LogP contribution < -0.4 is 11.1 Å². The number of alkyl halides is 3. The van der Waals surface area contributed by atoms with Gasteiger partial charge in [0, 0.05) is 24.2 Å². The standard InChI is InChI=1S/C18H21F3N4O2S/c19-18(20,21)16-11-5-1-2-6-13(11)25(24-16)9-4-3-7-14(26)23-12-8-10-28-15(12)17(22)27/h8,10H,1-7,9H2,(H2,22,27)(H,23,26). The molecule has 3 N–H and O–H groups in total. The minimum Gasteiger partial charge on any atom is -0.365 e. The average Bonchev–Trinajstić information content (AvgIpc) is 3.23. The fourth-order valence-electron chi connectivity index (χ4n) is 3.44. The zero-order valence-corrected chi connectivity index (χ0v) is 16.0. The monoisotopic (exact) mass is 414 g/mol. The molecule has 2 amide bonds. The number of nitrogens with one attached hydrogen (secondary N) is 1. The lowest BCUT2D eigenvalue weighted by Crippen LogP contribution is -2.16. The number of anilines is 1. The topological polar surface area (TPSA) is 90.0 Å². The zero-order valence-electron chi connectivity index (χ0n) is 15.1. The third-order valence-electron chi connectivity index (χ3n) is 4.71. The molecule has 0 saturated carbocycles. The molecule has 1 aliphatic carbocycles. The Labute approximate surface area is 163 Å². The maximum Gasteiger partial charge on any atom is 0.435 e. The number of carbonyl (C=O) groups excluding carboxylic acids is 2. The molecule has 0 bridgehead atoms. The highest BCUT2D eigenvalue weighted by Crippen LogP contribution is 2.35. The van der Waals surface area contributed by atoms with Crippen LogP contribution >= 0.6 is 11.3 Å². The summed E-state index contributed by atoms with van der Waals surface area (Å²) >= 11 is 1.15. The van der Waals surface area contributed by atoms with Gasteiger partial charge in [0.25, 0.3) is 5.91 Å². The summed E-state index contributed by atoms with van der Waals surface area (Å²) in [6.45, 7) is 0.344. The molecule has 0 saturated heterocycles. The molecular weight excluding hydrogens is 393 g/mol. The lowest BCUT2D eigenvalue weighted by Gasteiger charge is -2.14. The third-order valence-corrected chi connectivity index (χ3v) is 5.64. The van der Waals surface area contributed by atoms with E-state index in [9.17, 15) is 22.8 Å². The third kappa shape index (κ3) is 4.54. The van der Waals surface area contributed by atoms with Gasteiger partial charge in [0.1, 0.15) is 4.88 Å². The van der Waals surface area contributed by atoms with Crippen LogP contribution in [0.25, 0.3) is 0 Å². The van der Waals surface area contributed by atoms with Crippen LogP contribution in [0.1, 0.15) is 58.7 Å². The van der Waals surface area contributed by atoms with Crippen molar-refractivity contribution in [3.8, 4) is 0 Å². The fraction of sp³-hybridized carbons (Fsp3) is 0.500. The summed E-state index contributed by atoms with van der Waals surface area (Å²) in [5.74, 6) is -0.867. The average molecular weight is 414 g/mol. The van der Waals surface area contributed by atoms with Gasteiger partial charge in [0.05, 0.1) is 5.69 Å². The molecule has 0 fully saturated rings. The number of unbranched alkanes of at least 4 members (excludes halogenated alkanes) is 1. The van der Waals surface area contributed by atoms with Gasteiger partial charge >= 0.3 is 6.18 Å². The first-order valence-electron chi connectivity index (χ1n) is 9.10. The van der Waals surface area contributed by atoms with Crippen LogP contribution in [-0.2, 0) is 30.4 Å². The number of hydrogen-bond donors (Lipinski definition) is 2. The molecule has 0 aromatic carbocycles. The molecule has 28 heavy (non-hydrogen) atoms. The number of carbonyl (C=O) groups is 2. The molecule has 0 aliphatic heterocycles. The number of fused-ring (bicyclic) bond motifs is 1. The van der Waals surface area contributed by atoms with Crippen LogP contribution in [0.3, 0.4) is 0 Å². The van der Waals surface area contributed by atoms with Crippen LogP contribution in [0.15, 0.2) is 11.4 Å². The summed E-state index contributed by atoms with van der Waals surface area (Å²) in [6, 6.07) is 1.61. The Morgan fingerprint density at radius 1 is 1.25 bits per heavy atom. The first kappa shape index (κ1) is 20.4. The van der Waals surface area contributed by atoms with Crippen LogP contribution in [0.5, 0.6) is 0 Å². The molecule has 2 aromatic heterocycles. The Morgan fingerprint density at radius 3 is 2.71 bits per heavy atom. The molecule has 2 heterocycles. The summed E-state index contributed by atoms with van der Waals surface area (Å²) in [6.07, 6.45) is -0.584. The van der Waals surface area contributed by atoms with Crippen molar-refractivity contribution in [3.63, 3.8) is 0 Å². The molecule has 10 heteroatoms. The van der Waals surface area contributed by atoms with E-state index < -0.39 is 17.8 Å². The van der Waals surface area contributed by atoms with Crippen molar-refractivity contribution in [1.82, 2.24) is 9.78 Å². The highest BCUT2D eigenvalue weighted by Gasteiger charge is 2.39. The number of aromatic nitrogens is 2. The van der Waals surface area contributed by atoms with Crippen molar-refractivity contribution in [2.45, 2.75) is 57.7 Å². The van der Waals surface area contributed by atoms with E-state index in [1.807, 2.05) is 0 Å². The largest absolute Gasteiger partial charge is 0.435 e. The van der Waals surface area contributed by atoms with E-state index in [2.05, 4.69) is 10.4 Å². The first-order valence-corrected chi connectivity index (χ1v) is 9.98. The highest BCUT2D eigenvalue weighted by molar-refractivity contribution is 7.12. The van der Waals surface area contributed by atoms with E-state index >= 15 is 0 Å². The number of primary amides is 1. The molecule has 0 radical (unpaired) electrons. The van der Waals surface area contributed by atoms with Crippen molar-refractivity contribution in [2.75, 3.05) is 5.32 Å². The van der Waals surface area contributed by atoms with Crippen LogP contribution in [0.2, 0.25) is 0 Å². The molecular formula is C18H21F3N4O2S.